The van der Waals surface area contributed by atoms with Gasteiger partial charge in [-0.3, -0.25) is 0 Å². The third-order valence-corrected chi connectivity index (χ3v) is 7.62. The van der Waals surface area contributed by atoms with Crippen molar-refractivity contribution in [1.29, 1.82) is 0 Å². The van der Waals surface area contributed by atoms with Gasteiger partial charge in [0.05, 0.1) is 145 Å². The van der Waals surface area contributed by atoms with E-state index in [1.54, 1.807) is 0 Å². The zero-order valence-corrected chi connectivity index (χ0v) is 35.5. The quantitative estimate of drug-likeness (QED) is 0.0539. The lowest BCUT2D eigenvalue weighted by Gasteiger charge is -2.19. The van der Waals surface area contributed by atoms with Crippen molar-refractivity contribution in [1.82, 2.24) is 0 Å². The number of rotatable bonds is 47. The summed E-state index contributed by atoms with van der Waals surface area (Å²) in [5, 5.41) is 0. The SMILES string of the molecule is CCCCCCCCCCCCCOCCOCCOCCOCCOCCOCCOCCOCCOCCOCCOCCOCC(=O)OC(C)(C)C. The van der Waals surface area contributed by atoms with Gasteiger partial charge in [0.1, 0.15) is 12.2 Å². The summed E-state index contributed by atoms with van der Waals surface area (Å²) in [6.45, 7) is 19.5. The maximum atomic E-state index is 11.5. The summed E-state index contributed by atoms with van der Waals surface area (Å²) in [5.41, 5.74) is -0.511. The van der Waals surface area contributed by atoms with Gasteiger partial charge in [-0.25, -0.2) is 4.79 Å². The number of esters is 1. The Hall–Kier alpha value is -1.01. The lowest BCUT2D eigenvalue weighted by Crippen LogP contribution is -2.27. The van der Waals surface area contributed by atoms with Crippen molar-refractivity contribution in [2.75, 3.05) is 159 Å². The number of ether oxygens (including phenoxy) is 13. The Kier molecular flexibility index (Phi) is 44.9. The van der Waals surface area contributed by atoms with Crippen molar-refractivity contribution in [3.05, 3.63) is 0 Å². The smallest absolute Gasteiger partial charge is 0.332 e. The highest BCUT2D eigenvalue weighted by atomic mass is 16.6. The Morgan fingerprint density at radius 1 is 0.309 bits per heavy atom. The molecule has 0 aliphatic rings. The number of carbonyl (C=O) groups is 1. The van der Waals surface area contributed by atoms with Crippen molar-refractivity contribution < 1.29 is 66.4 Å². The van der Waals surface area contributed by atoms with Crippen LogP contribution in [0.5, 0.6) is 0 Å². The zero-order chi connectivity index (χ0) is 40.0. The van der Waals surface area contributed by atoms with E-state index in [0.29, 0.717) is 145 Å². The Bertz CT molecular complexity index is 740. The Morgan fingerprint density at radius 2 is 0.527 bits per heavy atom. The summed E-state index contributed by atoms with van der Waals surface area (Å²) >= 11 is 0. The van der Waals surface area contributed by atoms with Crippen LogP contribution in [-0.2, 0) is 66.4 Å². The van der Waals surface area contributed by atoms with E-state index in [4.69, 9.17) is 61.6 Å². The Labute approximate surface area is 334 Å². The molecule has 0 aliphatic heterocycles. The molecule has 55 heavy (non-hydrogen) atoms. The van der Waals surface area contributed by atoms with Crippen molar-refractivity contribution in [3.63, 3.8) is 0 Å². The summed E-state index contributed by atoms with van der Waals surface area (Å²) in [6.07, 6.45) is 14.8. The topological polar surface area (TPSA) is 137 Å². The molecule has 0 spiro atoms. The molecule has 0 fully saturated rings. The van der Waals surface area contributed by atoms with Crippen molar-refractivity contribution in [2.24, 2.45) is 0 Å². The highest BCUT2D eigenvalue weighted by molar-refractivity contribution is 5.71. The first kappa shape index (κ1) is 54.0. The summed E-state index contributed by atoms with van der Waals surface area (Å²) in [6, 6.07) is 0. The van der Waals surface area contributed by atoms with Gasteiger partial charge < -0.3 is 61.6 Å². The number of hydrogen-bond acceptors (Lipinski definition) is 14. The fourth-order valence-corrected chi connectivity index (χ4v) is 4.81. The molecule has 0 aliphatic carbocycles. The molecule has 0 atom stereocenters. The van der Waals surface area contributed by atoms with Gasteiger partial charge in [0.15, 0.2) is 0 Å². The van der Waals surface area contributed by atoms with Gasteiger partial charge in [0, 0.05) is 6.61 Å². The monoisotopic (exact) mass is 799 g/mol. The van der Waals surface area contributed by atoms with Crippen molar-refractivity contribution in [2.45, 2.75) is 104 Å². The highest BCUT2D eigenvalue weighted by Crippen LogP contribution is 2.11. The largest absolute Gasteiger partial charge is 0.458 e. The van der Waals surface area contributed by atoms with Crippen LogP contribution in [0.25, 0.3) is 0 Å². The van der Waals surface area contributed by atoms with Gasteiger partial charge in [0.2, 0.25) is 0 Å². The molecule has 14 heteroatoms. The van der Waals surface area contributed by atoms with Crippen LogP contribution >= 0.6 is 0 Å². The van der Waals surface area contributed by atoms with Gasteiger partial charge in [-0.1, -0.05) is 71.1 Å². The first-order valence-electron chi connectivity index (χ1n) is 21.1. The molecule has 14 nitrogen and oxygen atoms in total. The van der Waals surface area contributed by atoms with E-state index < -0.39 is 5.60 Å². The lowest BCUT2D eigenvalue weighted by atomic mass is 10.1. The molecule has 0 unspecified atom stereocenters. The minimum Gasteiger partial charge on any atom is -0.458 e. The standard InChI is InChI=1S/C41H82O14/c1-5-6-7-8-9-10-11-12-13-14-15-16-43-17-18-44-19-20-45-21-22-46-23-24-47-25-26-48-27-28-49-29-30-50-31-32-51-33-34-52-35-36-53-37-38-54-39-40(42)55-41(2,3)4/h5-39H2,1-4H3. The maximum absolute atomic E-state index is 11.5. The van der Waals surface area contributed by atoms with E-state index in [-0.39, 0.29) is 12.6 Å². The molecule has 0 amide bonds. The molecule has 0 N–H and O–H groups in total. The molecule has 0 heterocycles. The van der Waals surface area contributed by atoms with Crippen LogP contribution in [0.3, 0.4) is 0 Å². The third kappa shape index (κ3) is 51.0. The Morgan fingerprint density at radius 3 is 0.782 bits per heavy atom. The van der Waals surface area contributed by atoms with E-state index >= 15 is 0 Å². The molecule has 0 radical (unpaired) electrons. The fourth-order valence-electron chi connectivity index (χ4n) is 4.81. The molecule has 0 saturated carbocycles. The van der Waals surface area contributed by atoms with Crippen LogP contribution in [0.4, 0.5) is 0 Å². The lowest BCUT2D eigenvalue weighted by molar-refractivity contribution is -0.160. The minimum atomic E-state index is -0.511. The second kappa shape index (κ2) is 45.7. The van der Waals surface area contributed by atoms with E-state index in [1.807, 2.05) is 20.8 Å². The van der Waals surface area contributed by atoms with E-state index in [1.165, 1.54) is 64.2 Å². The molecule has 330 valence electrons. The first-order chi connectivity index (χ1) is 27.0. The van der Waals surface area contributed by atoms with Crippen LogP contribution in [0.15, 0.2) is 0 Å². The molecule has 0 aromatic carbocycles. The van der Waals surface area contributed by atoms with Crippen LogP contribution in [-0.4, -0.2) is 170 Å². The van der Waals surface area contributed by atoms with Crippen LogP contribution in [0.1, 0.15) is 98.3 Å². The van der Waals surface area contributed by atoms with Gasteiger partial charge in [-0.15, -0.1) is 0 Å². The second-order valence-electron chi connectivity index (χ2n) is 13.9. The van der Waals surface area contributed by atoms with E-state index in [9.17, 15) is 4.79 Å². The normalized spacial score (nSPS) is 11.9. The average Bonchev–Trinajstić information content (AvgIpc) is 3.15. The summed E-state index contributed by atoms with van der Waals surface area (Å²) in [7, 11) is 0. The maximum Gasteiger partial charge on any atom is 0.332 e. The molecular weight excluding hydrogens is 716 g/mol. The van der Waals surface area contributed by atoms with Gasteiger partial charge in [-0.05, 0) is 27.2 Å². The summed E-state index contributed by atoms with van der Waals surface area (Å²) in [5.74, 6) is -0.385. The number of unbranched alkanes of at least 4 members (excludes halogenated alkanes) is 10. The van der Waals surface area contributed by atoms with E-state index in [0.717, 1.165) is 13.0 Å². The van der Waals surface area contributed by atoms with E-state index in [2.05, 4.69) is 6.92 Å². The fraction of sp³-hybridized carbons (Fsp3) is 0.976. The van der Waals surface area contributed by atoms with Gasteiger partial charge in [-0.2, -0.15) is 0 Å². The average molecular weight is 799 g/mol. The molecule has 0 saturated heterocycles. The zero-order valence-electron chi connectivity index (χ0n) is 35.5. The molecule has 0 aromatic rings. The minimum absolute atomic E-state index is 0.0822. The third-order valence-electron chi connectivity index (χ3n) is 7.62. The summed E-state index contributed by atoms with van der Waals surface area (Å²) in [4.78, 5) is 11.5. The van der Waals surface area contributed by atoms with Crippen molar-refractivity contribution >= 4 is 5.97 Å². The summed E-state index contributed by atoms with van der Waals surface area (Å²) < 4.78 is 71.0. The molecule has 0 rings (SSSR count). The van der Waals surface area contributed by atoms with Gasteiger partial charge >= 0.3 is 5.97 Å². The molecule has 0 aromatic heterocycles. The molecule has 0 bridgehead atoms. The number of hydrogen-bond donors (Lipinski definition) is 0. The Balaban J connectivity index is 3.09. The predicted octanol–water partition coefficient (Wildman–Crippen LogP) is 5.84. The first-order valence-corrected chi connectivity index (χ1v) is 21.1. The van der Waals surface area contributed by atoms with Crippen molar-refractivity contribution in [3.8, 4) is 0 Å². The van der Waals surface area contributed by atoms with Crippen LogP contribution in [0.2, 0.25) is 0 Å². The van der Waals surface area contributed by atoms with Gasteiger partial charge in [0.25, 0.3) is 0 Å². The number of carbonyl (C=O) groups excluding carboxylic acids is 1. The second-order valence-corrected chi connectivity index (χ2v) is 13.9. The predicted molar refractivity (Wildman–Crippen MR) is 212 cm³/mol. The molecular formula is C41H82O14. The van der Waals surface area contributed by atoms with Crippen LogP contribution in [0, 0.1) is 0 Å². The van der Waals surface area contributed by atoms with Crippen LogP contribution < -0.4 is 0 Å². The highest BCUT2D eigenvalue weighted by Gasteiger charge is 2.15.